The largest absolute Gasteiger partial charge is 0.348 e. The molecule has 0 atom stereocenters. The molecule has 8 heavy (non-hydrogen) atoms. The van der Waals surface area contributed by atoms with Gasteiger partial charge < -0.3 is 4.52 Å². The van der Waals surface area contributed by atoms with Crippen LogP contribution in [-0.2, 0) is 0 Å². The molecule has 0 N–H and O–H groups in total. The van der Waals surface area contributed by atoms with Crippen molar-refractivity contribution in [3.05, 3.63) is 11.8 Å². The maximum absolute atomic E-state index is 5.32. The molecule has 0 bridgehead atoms. The Balaban J connectivity index is 2.84. The summed E-state index contributed by atoms with van der Waals surface area (Å²) < 4.78 is 4.69. The van der Waals surface area contributed by atoms with Gasteiger partial charge in [0.05, 0.1) is 5.69 Å². The Morgan fingerprint density at radius 2 is 2.62 bits per heavy atom. The number of halogens is 1. The second-order valence-corrected chi connectivity index (χ2v) is 2.38. The third-order valence-corrected chi connectivity index (χ3v) is 1.48. The first kappa shape index (κ1) is 5.98. The van der Waals surface area contributed by atoms with E-state index in [-0.39, 0.29) is 0 Å². The summed E-state index contributed by atoms with van der Waals surface area (Å²) in [6.45, 7) is 1.85. The Kier molecular flexibility index (Phi) is 1.81. The molecule has 0 saturated heterocycles. The highest BCUT2D eigenvalue weighted by molar-refractivity contribution is 8.21. The fourth-order valence-electron chi connectivity index (χ4n) is 0.377. The smallest absolute Gasteiger partial charge is 0.208 e. The summed E-state index contributed by atoms with van der Waals surface area (Å²) >= 11 is 0. The molecule has 1 aromatic rings. The molecule has 44 valence electrons. The summed E-state index contributed by atoms with van der Waals surface area (Å²) in [6, 6.07) is 1.78. The highest BCUT2D eigenvalue weighted by Gasteiger charge is 1.96. The molecule has 0 saturated carbocycles. The highest BCUT2D eigenvalue weighted by Crippen LogP contribution is 2.21. The van der Waals surface area contributed by atoms with E-state index in [2.05, 4.69) is 5.16 Å². The van der Waals surface area contributed by atoms with Gasteiger partial charge in [-0.05, 0) is 17.6 Å². The molecule has 0 aliphatic rings. The van der Waals surface area contributed by atoms with Crippen molar-refractivity contribution in [2.24, 2.45) is 0 Å². The molecule has 1 heterocycles. The van der Waals surface area contributed by atoms with Crippen LogP contribution in [0.5, 0.6) is 0 Å². The average molecular weight is 150 g/mol. The molecular formula is C4H4ClNOS. The fourth-order valence-corrected chi connectivity index (χ4v) is 0.875. The van der Waals surface area contributed by atoms with Crippen molar-refractivity contribution in [2.45, 2.75) is 12.0 Å². The number of aromatic nitrogens is 1. The van der Waals surface area contributed by atoms with Crippen molar-refractivity contribution in [2.75, 3.05) is 0 Å². The number of rotatable bonds is 1. The molecule has 0 aliphatic carbocycles. The van der Waals surface area contributed by atoms with Gasteiger partial charge in [0, 0.05) is 17.0 Å². The van der Waals surface area contributed by atoms with Crippen molar-refractivity contribution in [1.29, 1.82) is 0 Å². The van der Waals surface area contributed by atoms with Gasteiger partial charge in [-0.25, -0.2) is 0 Å². The normalized spacial score (nSPS) is 9.75. The predicted octanol–water partition coefficient (Wildman–Crippen LogP) is 2.23. The van der Waals surface area contributed by atoms with E-state index in [1.165, 1.54) is 0 Å². The van der Waals surface area contributed by atoms with Gasteiger partial charge in [-0.2, -0.15) is 0 Å². The minimum atomic E-state index is 0.643. The summed E-state index contributed by atoms with van der Waals surface area (Å²) in [4.78, 5) is 0. The van der Waals surface area contributed by atoms with Crippen LogP contribution >= 0.6 is 21.7 Å². The topological polar surface area (TPSA) is 26.0 Å². The zero-order valence-electron chi connectivity index (χ0n) is 4.22. The average Bonchev–Trinajstić information content (AvgIpc) is 2.14. The quantitative estimate of drug-likeness (QED) is 0.613. The molecule has 0 unspecified atom stereocenters. The summed E-state index contributed by atoms with van der Waals surface area (Å²) in [5.41, 5.74) is 0.855. The first-order chi connectivity index (χ1) is 3.83. The van der Waals surface area contributed by atoms with Crippen LogP contribution in [-0.4, -0.2) is 5.16 Å². The van der Waals surface area contributed by atoms with Crippen LogP contribution in [0.15, 0.2) is 15.7 Å². The summed E-state index contributed by atoms with van der Waals surface area (Å²) in [5, 5.41) is 4.25. The molecule has 4 heteroatoms. The first-order valence-electron chi connectivity index (χ1n) is 2.05. The molecule has 0 spiro atoms. The summed E-state index contributed by atoms with van der Waals surface area (Å²) in [5.74, 6) is 0. The lowest BCUT2D eigenvalue weighted by Crippen LogP contribution is -1.59. The standard InChI is InChI=1S/C4H4ClNOS/c1-3-2-4(8-5)7-6-3/h2H,1H3. The number of aryl methyl sites for hydroxylation is 1. The van der Waals surface area contributed by atoms with Crippen molar-refractivity contribution in [1.82, 2.24) is 5.16 Å². The number of hydrogen-bond donors (Lipinski definition) is 0. The van der Waals surface area contributed by atoms with Crippen LogP contribution in [0.25, 0.3) is 0 Å². The minimum Gasteiger partial charge on any atom is -0.348 e. The number of nitrogens with zero attached hydrogens (tertiary/aromatic N) is 1. The van der Waals surface area contributed by atoms with Gasteiger partial charge >= 0.3 is 0 Å². The van der Waals surface area contributed by atoms with E-state index in [0.29, 0.717) is 5.09 Å². The van der Waals surface area contributed by atoms with Gasteiger partial charge in [0.2, 0.25) is 5.09 Å². The fraction of sp³-hybridized carbons (Fsp3) is 0.250. The van der Waals surface area contributed by atoms with E-state index < -0.39 is 0 Å². The third-order valence-electron chi connectivity index (χ3n) is 0.682. The van der Waals surface area contributed by atoms with E-state index in [4.69, 9.17) is 15.2 Å². The van der Waals surface area contributed by atoms with Gasteiger partial charge in [-0.15, -0.1) is 0 Å². The summed E-state index contributed by atoms with van der Waals surface area (Å²) in [7, 11) is 6.36. The summed E-state index contributed by atoms with van der Waals surface area (Å²) in [6.07, 6.45) is 0. The second-order valence-electron chi connectivity index (χ2n) is 1.36. The molecule has 2 nitrogen and oxygen atoms in total. The van der Waals surface area contributed by atoms with E-state index in [9.17, 15) is 0 Å². The van der Waals surface area contributed by atoms with Crippen LogP contribution < -0.4 is 0 Å². The lowest BCUT2D eigenvalue weighted by Gasteiger charge is -1.73. The van der Waals surface area contributed by atoms with E-state index in [0.717, 1.165) is 16.7 Å². The molecule has 0 fully saturated rings. The van der Waals surface area contributed by atoms with Crippen LogP contribution in [0, 0.1) is 6.92 Å². The number of hydrogen-bond acceptors (Lipinski definition) is 3. The Bertz CT molecular complexity index is 176. The lowest BCUT2D eigenvalue weighted by atomic mass is 10.5. The minimum absolute atomic E-state index is 0.643. The van der Waals surface area contributed by atoms with Gasteiger partial charge in [0.25, 0.3) is 0 Å². The van der Waals surface area contributed by atoms with Crippen LogP contribution in [0.1, 0.15) is 5.69 Å². The third kappa shape index (κ3) is 1.17. The molecule has 0 aromatic carbocycles. The zero-order chi connectivity index (χ0) is 5.98. The van der Waals surface area contributed by atoms with Crippen LogP contribution in [0.3, 0.4) is 0 Å². The first-order valence-corrected chi connectivity index (χ1v) is 3.69. The van der Waals surface area contributed by atoms with Crippen molar-refractivity contribution in [3.63, 3.8) is 0 Å². The van der Waals surface area contributed by atoms with Crippen molar-refractivity contribution in [3.8, 4) is 0 Å². The Morgan fingerprint density at radius 1 is 1.88 bits per heavy atom. The van der Waals surface area contributed by atoms with E-state index in [1.54, 1.807) is 6.07 Å². The van der Waals surface area contributed by atoms with E-state index >= 15 is 0 Å². The Hall–Kier alpha value is -0.150. The Morgan fingerprint density at radius 3 is 2.88 bits per heavy atom. The molecule has 0 radical (unpaired) electrons. The van der Waals surface area contributed by atoms with Crippen LogP contribution in [0.4, 0.5) is 0 Å². The molecular weight excluding hydrogens is 146 g/mol. The van der Waals surface area contributed by atoms with Gasteiger partial charge in [-0.1, -0.05) is 5.16 Å². The maximum Gasteiger partial charge on any atom is 0.208 e. The maximum atomic E-state index is 5.32. The Labute approximate surface area is 55.7 Å². The highest BCUT2D eigenvalue weighted by atomic mass is 35.7. The van der Waals surface area contributed by atoms with Gasteiger partial charge in [0.1, 0.15) is 0 Å². The van der Waals surface area contributed by atoms with Crippen LogP contribution in [0.2, 0.25) is 0 Å². The molecule has 0 amide bonds. The van der Waals surface area contributed by atoms with Crippen molar-refractivity contribution >= 4 is 21.7 Å². The second kappa shape index (κ2) is 2.42. The molecule has 1 aromatic heterocycles. The predicted molar refractivity (Wildman–Crippen MR) is 32.9 cm³/mol. The van der Waals surface area contributed by atoms with Gasteiger partial charge in [0.15, 0.2) is 0 Å². The SMILES string of the molecule is Cc1cc(SCl)on1. The zero-order valence-corrected chi connectivity index (χ0v) is 5.79. The van der Waals surface area contributed by atoms with Gasteiger partial charge in [-0.3, -0.25) is 0 Å². The molecule has 1 rings (SSSR count). The lowest BCUT2D eigenvalue weighted by molar-refractivity contribution is 0.347. The van der Waals surface area contributed by atoms with E-state index in [1.807, 2.05) is 6.92 Å². The molecule has 0 aliphatic heterocycles. The monoisotopic (exact) mass is 149 g/mol. The van der Waals surface area contributed by atoms with Crippen molar-refractivity contribution < 1.29 is 4.52 Å².